The minimum Gasteiger partial charge on any atom is -0.329 e. The predicted octanol–water partition coefficient (Wildman–Crippen LogP) is 3.86. The summed E-state index contributed by atoms with van der Waals surface area (Å²) < 4.78 is -0.785. The first kappa shape index (κ1) is 17.9. The van der Waals surface area contributed by atoms with Crippen LogP contribution >= 0.6 is 11.8 Å². The van der Waals surface area contributed by atoms with Gasteiger partial charge in [-0.3, -0.25) is 14.9 Å². The third kappa shape index (κ3) is 2.35. The average molecular weight is 398 g/mol. The van der Waals surface area contributed by atoms with Crippen molar-refractivity contribution in [2.75, 3.05) is 0 Å². The molecule has 1 amide bonds. The Labute approximate surface area is 167 Å². The molecule has 1 saturated carbocycles. The number of rotatable bonds is 3. The van der Waals surface area contributed by atoms with Gasteiger partial charge >= 0.3 is 0 Å². The van der Waals surface area contributed by atoms with E-state index in [0.717, 1.165) is 36.6 Å². The lowest BCUT2D eigenvalue weighted by Crippen LogP contribution is -2.62. The van der Waals surface area contributed by atoms with Crippen LogP contribution in [-0.4, -0.2) is 26.6 Å². The van der Waals surface area contributed by atoms with Gasteiger partial charge in [-0.15, -0.1) is 11.8 Å². The van der Waals surface area contributed by atoms with Gasteiger partial charge < -0.3 is 5.32 Å². The number of benzene rings is 1. The highest BCUT2D eigenvalue weighted by atomic mass is 32.2. The third-order valence-electron chi connectivity index (χ3n) is 6.88. The molecule has 3 fully saturated rings. The molecule has 7 heteroatoms. The highest BCUT2D eigenvalue weighted by Gasteiger charge is 2.77. The number of amides is 1. The van der Waals surface area contributed by atoms with Gasteiger partial charge in [0.15, 0.2) is 4.87 Å². The lowest BCUT2D eigenvalue weighted by atomic mass is 9.67. The summed E-state index contributed by atoms with van der Waals surface area (Å²) in [7, 11) is 0. The molecule has 4 unspecified atom stereocenters. The Hall–Kier alpha value is -2.15. The summed E-state index contributed by atoms with van der Waals surface area (Å²) in [6, 6.07) is 10.7. The average Bonchev–Trinajstić information content (AvgIpc) is 3.14. The Morgan fingerprint density at radius 2 is 1.93 bits per heavy atom. The fourth-order valence-electron chi connectivity index (χ4n) is 5.63. The van der Waals surface area contributed by atoms with Crippen LogP contribution in [0.1, 0.15) is 44.7 Å². The summed E-state index contributed by atoms with van der Waals surface area (Å²) >= 11 is 1.42. The van der Waals surface area contributed by atoms with Crippen LogP contribution in [-0.2, 0) is 9.67 Å². The summed E-state index contributed by atoms with van der Waals surface area (Å²) in [5, 5.41) is 16.3. The number of hydrogen-bond donors (Lipinski definition) is 1. The normalized spacial score (nSPS) is 35.2. The van der Waals surface area contributed by atoms with Crippen molar-refractivity contribution in [2.45, 2.75) is 54.7 Å². The second kappa shape index (κ2) is 6.17. The molecule has 0 spiro atoms. The van der Waals surface area contributed by atoms with Gasteiger partial charge in [0.25, 0.3) is 6.04 Å². The summed E-state index contributed by atoms with van der Waals surface area (Å²) in [5.41, 5.74) is 1.38. The Morgan fingerprint density at radius 1 is 1.18 bits per heavy atom. The molecule has 1 N–H and O–H groups in total. The van der Waals surface area contributed by atoms with E-state index in [4.69, 9.17) is 4.98 Å². The van der Waals surface area contributed by atoms with Crippen LogP contribution < -0.4 is 5.32 Å². The van der Waals surface area contributed by atoms with Crippen molar-refractivity contribution >= 4 is 28.6 Å². The number of pyridine rings is 1. The first-order chi connectivity index (χ1) is 13.5. The monoisotopic (exact) mass is 397 g/mol. The Balaban J connectivity index is 1.66. The van der Waals surface area contributed by atoms with Crippen molar-refractivity contribution < 1.29 is 9.72 Å². The predicted molar refractivity (Wildman–Crippen MR) is 108 cm³/mol. The van der Waals surface area contributed by atoms with Crippen molar-refractivity contribution in [1.29, 1.82) is 0 Å². The first-order valence-electron chi connectivity index (χ1n) is 9.98. The fraction of sp³-hybridized carbons (Fsp3) is 0.524. The fourth-order valence-corrected chi connectivity index (χ4v) is 7.61. The largest absolute Gasteiger partial charge is 0.329 e. The van der Waals surface area contributed by atoms with Gasteiger partial charge in [-0.1, -0.05) is 43.5 Å². The van der Waals surface area contributed by atoms with Crippen LogP contribution in [0.2, 0.25) is 0 Å². The maximum absolute atomic E-state index is 13.0. The molecule has 2 aliphatic heterocycles. The zero-order chi connectivity index (χ0) is 19.5. The molecule has 1 aliphatic carbocycles. The third-order valence-corrected chi connectivity index (χ3v) is 8.64. The maximum Gasteiger partial charge on any atom is 0.255 e. The number of thioether (sulfide) groups is 1. The molecule has 28 heavy (non-hydrogen) atoms. The smallest absolute Gasteiger partial charge is 0.255 e. The highest BCUT2D eigenvalue weighted by molar-refractivity contribution is 8.03. The van der Waals surface area contributed by atoms with E-state index in [1.807, 2.05) is 43.3 Å². The number of carbonyl (C=O) groups excluding carboxylic acids is 1. The maximum atomic E-state index is 13.0. The van der Waals surface area contributed by atoms with Gasteiger partial charge in [-0.2, -0.15) is 0 Å². The number of aromatic nitrogens is 1. The molecular formula is C21H23N3O3S. The topological polar surface area (TPSA) is 85.1 Å². The van der Waals surface area contributed by atoms with Gasteiger partial charge in [0.05, 0.1) is 17.1 Å². The molecule has 4 atom stereocenters. The number of nitro groups is 1. The number of fused-ring (bicyclic) bond motifs is 3. The molecule has 2 saturated heterocycles. The van der Waals surface area contributed by atoms with E-state index >= 15 is 0 Å². The van der Waals surface area contributed by atoms with Crippen molar-refractivity contribution in [3.05, 3.63) is 52.2 Å². The minimum atomic E-state index is -1.10. The van der Waals surface area contributed by atoms with E-state index < -0.39 is 15.7 Å². The van der Waals surface area contributed by atoms with Crippen molar-refractivity contribution in [3.8, 4) is 0 Å². The summed E-state index contributed by atoms with van der Waals surface area (Å²) in [4.78, 5) is 28.9. The lowest BCUT2D eigenvalue weighted by molar-refractivity contribution is -0.543. The highest BCUT2D eigenvalue weighted by Crippen LogP contribution is 2.65. The van der Waals surface area contributed by atoms with Crippen LogP contribution in [0.5, 0.6) is 0 Å². The van der Waals surface area contributed by atoms with Gasteiger partial charge in [0.1, 0.15) is 4.75 Å². The molecule has 1 aromatic carbocycles. The quantitative estimate of drug-likeness (QED) is 0.628. The Bertz CT molecular complexity index is 976. The number of carbonyl (C=O) groups is 1. The number of piperidine rings is 1. The van der Waals surface area contributed by atoms with Crippen LogP contribution in [0.15, 0.2) is 36.4 Å². The van der Waals surface area contributed by atoms with E-state index in [1.54, 1.807) is 0 Å². The summed E-state index contributed by atoms with van der Waals surface area (Å²) in [6.45, 7) is 1.90. The molecule has 146 valence electrons. The second-order valence-corrected chi connectivity index (χ2v) is 10.1. The molecule has 3 heterocycles. The summed E-state index contributed by atoms with van der Waals surface area (Å²) in [6.07, 6.45) is 5.31. The Morgan fingerprint density at radius 3 is 2.68 bits per heavy atom. The van der Waals surface area contributed by atoms with Crippen LogP contribution in [0, 0.1) is 22.0 Å². The van der Waals surface area contributed by atoms with Gasteiger partial charge in [-0.25, -0.2) is 4.98 Å². The van der Waals surface area contributed by atoms with E-state index in [2.05, 4.69) is 5.32 Å². The standard InChI is InChI=1S/C21H23N3O3S/c1-20-17(14-8-3-2-4-9-14)18(24(26)27)21(28-20,23-19(20)25)16-12-11-13-7-5-6-10-15(13)22-16/h5-7,10-12,14,17-18H,2-4,8-9H2,1H3,(H,23,25). The molecule has 5 rings (SSSR count). The molecule has 3 aliphatic rings. The molecule has 6 nitrogen and oxygen atoms in total. The molecule has 2 bridgehead atoms. The van der Waals surface area contributed by atoms with E-state index in [1.165, 1.54) is 18.2 Å². The van der Waals surface area contributed by atoms with E-state index in [0.29, 0.717) is 5.69 Å². The van der Waals surface area contributed by atoms with Gasteiger partial charge in [-0.05, 0) is 37.8 Å². The molecular weight excluding hydrogens is 374 g/mol. The van der Waals surface area contributed by atoms with Crippen molar-refractivity contribution in [2.24, 2.45) is 11.8 Å². The summed E-state index contributed by atoms with van der Waals surface area (Å²) in [5.74, 6) is -0.133. The van der Waals surface area contributed by atoms with Crippen molar-refractivity contribution in [3.63, 3.8) is 0 Å². The van der Waals surface area contributed by atoms with Crippen LogP contribution in [0.4, 0.5) is 0 Å². The number of nitrogens with zero attached hydrogens (tertiary/aromatic N) is 2. The molecule has 0 radical (unpaired) electrons. The minimum absolute atomic E-state index is 0.0823. The molecule has 2 aromatic rings. The Kier molecular flexibility index (Phi) is 3.95. The van der Waals surface area contributed by atoms with Crippen LogP contribution in [0.25, 0.3) is 10.9 Å². The lowest BCUT2D eigenvalue weighted by Gasteiger charge is -2.39. The number of nitrogens with one attached hydrogen (secondary N) is 1. The van der Waals surface area contributed by atoms with Gasteiger partial charge in [0, 0.05) is 10.3 Å². The van der Waals surface area contributed by atoms with Crippen LogP contribution in [0.3, 0.4) is 0 Å². The van der Waals surface area contributed by atoms with Crippen molar-refractivity contribution in [1.82, 2.24) is 10.3 Å². The number of para-hydroxylation sites is 1. The van der Waals surface area contributed by atoms with E-state index in [9.17, 15) is 14.9 Å². The second-order valence-electron chi connectivity index (χ2n) is 8.44. The zero-order valence-corrected chi connectivity index (χ0v) is 16.6. The zero-order valence-electron chi connectivity index (χ0n) is 15.8. The SMILES string of the molecule is CC12SC(c3ccc4ccccc4n3)(NC1=O)C([N+](=O)[O-])C2C1CCCCC1. The molecule has 1 aromatic heterocycles. The van der Waals surface area contributed by atoms with Gasteiger partial charge in [0.2, 0.25) is 5.91 Å². The first-order valence-corrected chi connectivity index (χ1v) is 10.8. The van der Waals surface area contributed by atoms with E-state index in [-0.39, 0.29) is 22.7 Å². The number of hydrogen-bond acceptors (Lipinski definition) is 5.